The van der Waals surface area contributed by atoms with E-state index in [1.165, 1.54) is 12.1 Å². The van der Waals surface area contributed by atoms with Gasteiger partial charge in [-0.2, -0.15) is 5.10 Å². The standard InChI is InChI=1S/C18H21FN4O2/c1-3-23-11-10-15(21-23)20-18(25)14-8-9-16(24)22(2)17(14)12-4-6-13(19)7-5-12/h4-7,10-11,14,17H,3,8-9H2,1-2H3,(H,20,21,25). The molecule has 1 aromatic carbocycles. The summed E-state index contributed by atoms with van der Waals surface area (Å²) in [4.78, 5) is 26.5. The van der Waals surface area contributed by atoms with E-state index < -0.39 is 12.0 Å². The van der Waals surface area contributed by atoms with Crippen LogP contribution in [0.5, 0.6) is 0 Å². The van der Waals surface area contributed by atoms with Gasteiger partial charge in [0, 0.05) is 32.3 Å². The predicted molar refractivity (Wildman–Crippen MR) is 91.2 cm³/mol. The monoisotopic (exact) mass is 344 g/mol. The second-order valence-electron chi connectivity index (χ2n) is 6.19. The van der Waals surface area contributed by atoms with Gasteiger partial charge in [0.05, 0.1) is 12.0 Å². The average molecular weight is 344 g/mol. The third kappa shape index (κ3) is 3.55. The Labute approximate surface area is 145 Å². The summed E-state index contributed by atoms with van der Waals surface area (Å²) in [7, 11) is 1.68. The molecule has 0 saturated carbocycles. The first-order valence-corrected chi connectivity index (χ1v) is 8.35. The van der Waals surface area contributed by atoms with Gasteiger partial charge in [-0.1, -0.05) is 12.1 Å². The lowest BCUT2D eigenvalue weighted by Crippen LogP contribution is -2.44. The lowest BCUT2D eigenvalue weighted by molar-refractivity contribution is -0.140. The molecule has 3 rings (SSSR count). The van der Waals surface area contributed by atoms with Crippen LogP contribution in [0.2, 0.25) is 0 Å². The number of likely N-dealkylation sites (tertiary alicyclic amines) is 1. The van der Waals surface area contributed by atoms with Crippen LogP contribution in [-0.4, -0.2) is 33.5 Å². The number of hydrogen-bond acceptors (Lipinski definition) is 3. The fourth-order valence-corrected chi connectivity index (χ4v) is 3.25. The highest BCUT2D eigenvalue weighted by molar-refractivity contribution is 5.94. The second-order valence-corrected chi connectivity index (χ2v) is 6.19. The number of anilines is 1. The Kier molecular flexibility index (Phi) is 4.83. The van der Waals surface area contributed by atoms with E-state index in [9.17, 15) is 14.0 Å². The minimum Gasteiger partial charge on any atom is -0.338 e. The molecule has 2 amide bonds. The number of nitrogens with one attached hydrogen (secondary N) is 1. The number of carbonyl (C=O) groups is 2. The molecule has 2 heterocycles. The van der Waals surface area contributed by atoms with Crippen LogP contribution in [-0.2, 0) is 16.1 Å². The Morgan fingerprint density at radius 1 is 1.32 bits per heavy atom. The van der Waals surface area contributed by atoms with Crippen LogP contribution in [0.1, 0.15) is 31.4 Å². The molecule has 25 heavy (non-hydrogen) atoms. The molecule has 1 N–H and O–H groups in total. The van der Waals surface area contributed by atoms with E-state index in [0.717, 1.165) is 12.1 Å². The number of piperidine rings is 1. The van der Waals surface area contributed by atoms with Crippen LogP contribution in [0.3, 0.4) is 0 Å². The maximum Gasteiger partial charge on any atom is 0.231 e. The van der Waals surface area contributed by atoms with Crippen molar-refractivity contribution in [3.05, 3.63) is 47.9 Å². The van der Waals surface area contributed by atoms with E-state index in [4.69, 9.17) is 0 Å². The lowest BCUT2D eigenvalue weighted by atomic mass is 9.84. The Bertz CT molecular complexity index is 772. The molecule has 1 aromatic heterocycles. The minimum atomic E-state index is -0.421. The van der Waals surface area contributed by atoms with E-state index in [1.807, 2.05) is 6.92 Å². The van der Waals surface area contributed by atoms with E-state index in [0.29, 0.717) is 18.7 Å². The Morgan fingerprint density at radius 2 is 2.04 bits per heavy atom. The van der Waals surface area contributed by atoms with Crippen molar-refractivity contribution in [3.8, 4) is 0 Å². The van der Waals surface area contributed by atoms with Crippen LogP contribution in [0.15, 0.2) is 36.5 Å². The molecular formula is C18H21FN4O2. The number of rotatable bonds is 4. The van der Waals surface area contributed by atoms with Gasteiger partial charge < -0.3 is 10.2 Å². The highest BCUT2D eigenvalue weighted by Crippen LogP contribution is 2.36. The molecule has 0 aliphatic carbocycles. The molecule has 1 saturated heterocycles. The number of hydrogen-bond donors (Lipinski definition) is 1. The van der Waals surface area contributed by atoms with Gasteiger partial charge in [-0.05, 0) is 31.0 Å². The van der Waals surface area contributed by atoms with E-state index >= 15 is 0 Å². The SMILES string of the molecule is CCn1ccc(NC(=O)C2CCC(=O)N(C)C2c2ccc(F)cc2)n1. The summed E-state index contributed by atoms with van der Waals surface area (Å²) in [6, 6.07) is 7.27. The fourth-order valence-electron chi connectivity index (χ4n) is 3.25. The number of halogens is 1. The van der Waals surface area contributed by atoms with Gasteiger partial charge in [-0.15, -0.1) is 0 Å². The Hall–Kier alpha value is -2.70. The molecule has 0 radical (unpaired) electrons. The molecule has 1 fully saturated rings. The summed E-state index contributed by atoms with van der Waals surface area (Å²) in [6.07, 6.45) is 2.56. The van der Waals surface area contributed by atoms with Crippen LogP contribution in [0, 0.1) is 11.7 Å². The maximum atomic E-state index is 13.2. The van der Waals surface area contributed by atoms with Crippen LogP contribution >= 0.6 is 0 Å². The number of benzene rings is 1. The van der Waals surface area contributed by atoms with Gasteiger partial charge in [0.1, 0.15) is 5.82 Å². The summed E-state index contributed by atoms with van der Waals surface area (Å²) in [6.45, 7) is 2.68. The van der Waals surface area contributed by atoms with Crippen LogP contribution in [0.25, 0.3) is 0 Å². The van der Waals surface area contributed by atoms with Crippen LogP contribution in [0.4, 0.5) is 10.2 Å². The molecule has 1 aliphatic heterocycles. The zero-order valence-electron chi connectivity index (χ0n) is 14.3. The zero-order chi connectivity index (χ0) is 18.0. The molecule has 2 atom stereocenters. The third-order valence-corrected chi connectivity index (χ3v) is 4.63. The van der Waals surface area contributed by atoms with Gasteiger partial charge in [0.15, 0.2) is 5.82 Å². The number of carbonyl (C=O) groups excluding carboxylic acids is 2. The molecule has 0 spiro atoms. The van der Waals surface area contributed by atoms with Gasteiger partial charge in [-0.3, -0.25) is 14.3 Å². The van der Waals surface area contributed by atoms with Crippen molar-refractivity contribution in [3.63, 3.8) is 0 Å². The third-order valence-electron chi connectivity index (χ3n) is 4.63. The number of aryl methyl sites for hydroxylation is 1. The minimum absolute atomic E-state index is 0.0198. The fraction of sp³-hybridized carbons (Fsp3) is 0.389. The molecule has 0 bridgehead atoms. The molecule has 132 valence electrons. The Balaban J connectivity index is 1.84. The summed E-state index contributed by atoms with van der Waals surface area (Å²) < 4.78 is 15.0. The molecular weight excluding hydrogens is 323 g/mol. The van der Waals surface area contributed by atoms with Crippen molar-refractivity contribution in [1.29, 1.82) is 0 Å². The van der Waals surface area contributed by atoms with Crippen molar-refractivity contribution >= 4 is 17.6 Å². The summed E-state index contributed by atoms with van der Waals surface area (Å²) in [5.74, 6) is -0.479. The van der Waals surface area contributed by atoms with Crippen molar-refractivity contribution in [1.82, 2.24) is 14.7 Å². The van der Waals surface area contributed by atoms with Gasteiger partial charge in [0.25, 0.3) is 0 Å². The van der Waals surface area contributed by atoms with Crippen molar-refractivity contribution in [2.75, 3.05) is 12.4 Å². The molecule has 2 unspecified atom stereocenters. The first-order chi connectivity index (χ1) is 12.0. The zero-order valence-corrected chi connectivity index (χ0v) is 14.3. The quantitative estimate of drug-likeness (QED) is 0.927. The maximum absolute atomic E-state index is 13.2. The number of amides is 2. The highest BCUT2D eigenvalue weighted by Gasteiger charge is 2.39. The summed E-state index contributed by atoms with van der Waals surface area (Å²) in [5.41, 5.74) is 0.746. The first kappa shape index (κ1) is 17.1. The van der Waals surface area contributed by atoms with Crippen molar-refractivity contribution in [2.24, 2.45) is 5.92 Å². The topological polar surface area (TPSA) is 67.2 Å². The smallest absolute Gasteiger partial charge is 0.231 e. The van der Waals surface area contributed by atoms with Gasteiger partial charge in [-0.25, -0.2) is 4.39 Å². The predicted octanol–water partition coefficient (Wildman–Crippen LogP) is 2.59. The van der Waals surface area contributed by atoms with Gasteiger partial charge in [0.2, 0.25) is 11.8 Å². The molecule has 7 heteroatoms. The van der Waals surface area contributed by atoms with E-state index in [2.05, 4.69) is 10.4 Å². The second kappa shape index (κ2) is 7.04. The van der Waals surface area contributed by atoms with Crippen molar-refractivity contribution in [2.45, 2.75) is 32.4 Å². The number of aromatic nitrogens is 2. The van der Waals surface area contributed by atoms with E-state index in [-0.39, 0.29) is 17.6 Å². The van der Waals surface area contributed by atoms with Gasteiger partial charge >= 0.3 is 0 Å². The summed E-state index contributed by atoms with van der Waals surface area (Å²) in [5, 5.41) is 7.09. The largest absolute Gasteiger partial charge is 0.338 e. The average Bonchev–Trinajstić information content (AvgIpc) is 3.05. The molecule has 6 nitrogen and oxygen atoms in total. The molecule has 1 aliphatic rings. The molecule has 2 aromatic rings. The van der Waals surface area contributed by atoms with Crippen molar-refractivity contribution < 1.29 is 14.0 Å². The normalized spacial score (nSPS) is 20.6. The number of nitrogens with zero attached hydrogens (tertiary/aromatic N) is 3. The lowest BCUT2D eigenvalue weighted by Gasteiger charge is -2.38. The summed E-state index contributed by atoms with van der Waals surface area (Å²) >= 11 is 0. The highest BCUT2D eigenvalue weighted by atomic mass is 19.1. The Morgan fingerprint density at radius 3 is 2.68 bits per heavy atom. The van der Waals surface area contributed by atoms with E-state index in [1.54, 1.807) is 41.0 Å². The van der Waals surface area contributed by atoms with Crippen LogP contribution < -0.4 is 5.32 Å². The first-order valence-electron chi connectivity index (χ1n) is 8.35.